The van der Waals surface area contributed by atoms with E-state index < -0.39 is 0 Å². The highest BCUT2D eigenvalue weighted by Crippen LogP contribution is 2.10. The van der Waals surface area contributed by atoms with Crippen LogP contribution < -0.4 is 10.6 Å². The Morgan fingerprint density at radius 2 is 2.16 bits per heavy atom. The molecule has 0 bridgehead atoms. The van der Waals surface area contributed by atoms with Crippen molar-refractivity contribution in [2.75, 3.05) is 19.7 Å². The predicted molar refractivity (Wildman–Crippen MR) is 76.0 cm³/mol. The lowest BCUT2D eigenvalue weighted by Crippen LogP contribution is -2.40. The Balaban J connectivity index is 1.64. The van der Waals surface area contributed by atoms with Crippen molar-refractivity contribution in [2.45, 2.75) is 6.61 Å². The van der Waals surface area contributed by atoms with Gasteiger partial charge in [0.1, 0.15) is 5.82 Å². The SMILES string of the molecule is O=C1CNC=C(NCCOCc2ccccc2)N1Br. The van der Waals surface area contributed by atoms with E-state index in [0.29, 0.717) is 32.1 Å². The lowest BCUT2D eigenvalue weighted by Gasteiger charge is -2.23. The molecule has 0 atom stereocenters. The Hall–Kier alpha value is -1.53. The molecule has 102 valence electrons. The normalized spacial score (nSPS) is 14.9. The fourth-order valence-corrected chi connectivity index (χ4v) is 1.98. The summed E-state index contributed by atoms with van der Waals surface area (Å²) in [6, 6.07) is 10.0. The standard InChI is InChI=1S/C13H16BrN3O2/c14-17-12(8-15-9-13(17)18)16-6-7-19-10-11-4-2-1-3-5-11/h1-5,8,15-16H,6-7,9-10H2. The quantitative estimate of drug-likeness (QED) is 0.612. The zero-order valence-electron chi connectivity index (χ0n) is 10.4. The molecule has 1 aromatic carbocycles. The number of ether oxygens (including phenoxy) is 1. The lowest BCUT2D eigenvalue weighted by atomic mass is 10.2. The Labute approximate surface area is 121 Å². The van der Waals surface area contributed by atoms with Gasteiger partial charge in [0.05, 0.1) is 35.9 Å². The molecule has 0 aromatic heterocycles. The monoisotopic (exact) mass is 325 g/mol. The molecule has 2 N–H and O–H groups in total. The van der Waals surface area contributed by atoms with Gasteiger partial charge < -0.3 is 15.4 Å². The molecule has 0 spiro atoms. The third-order valence-corrected chi connectivity index (χ3v) is 3.36. The molecule has 19 heavy (non-hydrogen) atoms. The van der Waals surface area contributed by atoms with E-state index in [-0.39, 0.29) is 5.91 Å². The van der Waals surface area contributed by atoms with E-state index in [1.54, 1.807) is 6.20 Å². The predicted octanol–water partition coefficient (Wildman–Crippen LogP) is 1.33. The Kier molecular flexibility index (Phi) is 5.23. The van der Waals surface area contributed by atoms with Crippen LogP contribution in [0.5, 0.6) is 0 Å². The van der Waals surface area contributed by atoms with Crippen molar-refractivity contribution in [1.29, 1.82) is 0 Å². The molecule has 0 radical (unpaired) electrons. The van der Waals surface area contributed by atoms with Crippen molar-refractivity contribution >= 4 is 22.1 Å². The highest BCUT2D eigenvalue weighted by atomic mass is 79.9. The maximum Gasteiger partial charge on any atom is 0.257 e. The number of amides is 1. The minimum atomic E-state index is -0.0322. The van der Waals surface area contributed by atoms with Crippen LogP contribution in [0, 0.1) is 0 Å². The number of nitrogens with one attached hydrogen (secondary N) is 2. The molecule has 0 saturated carbocycles. The highest BCUT2D eigenvalue weighted by molar-refractivity contribution is 9.07. The molecule has 6 heteroatoms. The summed E-state index contributed by atoms with van der Waals surface area (Å²) < 4.78 is 6.96. The summed E-state index contributed by atoms with van der Waals surface area (Å²) in [7, 11) is 0. The minimum Gasteiger partial charge on any atom is -0.379 e. The van der Waals surface area contributed by atoms with Crippen molar-refractivity contribution in [2.24, 2.45) is 0 Å². The molecule has 0 aliphatic carbocycles. The second-order valence-electron chi connectivity index (χ2n) is 4.05. The zero-order chi connectivity index (χ0) is 13.5. The second-order valence-corrected chi connectivity index (χ2v) is 4.76. The molecule has 1 aliphatic rings. The average Bonchev–Trinajstić information content (AvgIpc) is 2.44. The number of rotatable bonds is 6. The fraction of sp³-hybridized carbons (Fsp3) is 0.308. The Morgan fingerprint density at radius 3 is 2.95 bits per heavy atom. The Morgan fingerprint density at radius 1 is 1.37 bits per heavy atom. The Bertz CT molecular complexity index is 450. The van der Waals surface area contributed by atoms with E-state index in [4.69, 9.17) is 4.74 Å². The van der Waals surface area contributed by atoms with Crippen LogP contribution in [0.1, 0.15) is 5.56 Å². The van der Waals surface area contributed by atoms with E-state index in [1.807, 2.05) is 30.3 Å². The van der Waals surface area contributed by atoms with Gasteiger partial charge in [-0.3, -0.25) is 4.79 Å². The molecule has 1 aromatic rings. The molecule has 1 amide bonds. The van der Waals surface area contributed by atoms with Crippen LogP contribution in [-0.4, -0.2) is 29.5 Å². The van der Waals surface area contributed by atoms with Crippen LogP contribution in [-0.2, 0) is 16.1 Å². The van der Waals surface area contributed by atoms with Crippen molar-refractivity contribution < 1.29 is 9.53 Å². The van der Waals surface area contributed by atoms with E-state index >= 15 is 0 Å². The van der Waals surface area contributed by atoms with Crippen LogP contribution in [0.25, 0.3) is 0 Å². The van der Waals surface area contributed by atoms with E-state index in [2.05, 4.69) is 26.8 Å². The molecular formula is C13H16BrN3O2. The van der Waals surface area contributed by atoms with Crippen LogP contribution in [0.4, 0.5) is 0 Å². The summed E-state index contributed by atoms with van der Waals surface area (Å²) in [4.78, 5) is 11.4. The molecular weight excluding hydrogens is 310 g/mol. The third-order valence-electron chi connectivity index (χ3n) is 2.59. The number of carbonyl (C=O) groups excluding carboxylic acids is 1. The largest absolute Gasteiger partial charge is 0.379 e. The van der Waals surface area contributed by atoms with Gasteiger partial charge in [-0.25, -0.2) is 3.93 Å². The van der Waals surface area contributed by atoms with Crippen molar-refractivity contribution in [3.63, 3.8) is 0 Å². The molecule has 0 fully saturated rings. The van der Waals surface area contributed by atoms with E-state index in [9.17, 15) is 4.79 Å². The van der Waals surface area contributed by atoms with Gasteiger partial charge >= 0.3 is 0 Å². The fourth-order valence-electron chi connectivity index (χ4n) is 1.63. The van der Waals surface area contributed by atoms with Gasteiger partial charge in [0.25, 0.3) is 5.91 Å². The number of hydrogen-bond donors (Lipinski definition) is 2. The summed E-state index contributed by atoms with van der Waals surface area (Å²) in [5.74, 6) is 0.662. The molecule has 0 saturated heterocycles. The summed E-state index contributed by atoms with van der Waals surface area (Å²) >= 11 is 3.20. The van der Waals surface area contributed by atoms with Crippen molar-refractivity contribution in [3.8, 4) is 0 Å². The average molecular weight is 326 g/mol. The van der Waals surface area contributed by atoms with E-state index in [1.165, 1.54) is 3.93 Å². The minimum absolute atomic E-state index is 0.0322. The number of hydrogen-bond acceptors (Lipinski definition) is 4. The van der Waals surface area contributed by atoms with Gasteiger partial charge in [0.2, 0.25) is 0 Å². The summed E-state index contributed by atoms with van der Waals surface area (Å²) in [5, 5.41) is 6.02. The van der Waals surface area contributed by atoms with Gasteiger partial charge in [-0.15, -0.1) is 0 Å². The lowest BCUT2D eigenvalue weighted by molar-refractivity contribution is -0.124. The number of benzene rings is 1. The van der Waals surface area contributed by atoms with Crippen LogP contribution in [0.15, 0.2) is 42.4 Å². The first-order valence-corrected chi connectivity index (χ1v) is 6.76. The third kappa shape index (κ3) is 4.25. The molecule has 0 unspecified atom stereocenters. The van der Waals surface area contributed by atoms with Gasteiger partial charge in [0.15, 0.2) is 0 Å². The number of halogens is 1. The van der Waals surface area contributed by atoms with Crippen LogP contribution in [0.3, 0.4) is 0 Å². The smallest absolute Gasteiger partial charge is 0.257 e. The molecule has 1 heterocycles. The first-order valence-electron chi connectivity index (χ1n) is 6.05. The van der Waals surface area contributed by atoms with Crippen LogP contribution >= 0.6 is 16.1 Å². The zero-order valence-corrected chi connectivity index (χ0v) is 12.0. The van der Waals surface area contributed by atoms with Gasteiger partial charge in [-0.05, 0) is 5.56 Å². The maximum atomic E-state index is 11.4. The summed E-state index contributed by atoms with van der Waals surface area (Å²) in [5.41, 5.74) is 1.15. The van der Waals surface area contributed by atoms with Crippen LogP contribution in [0.2, 0.25) is 0 Å². The van der Waals surface area contributed by atoms with Crippen molar-refractivity contribution in [3.05, 3.63) is 47.9 Å². The summed E-state index contributed by atoms with van der Waals surface area (Å²) in [6.45, 7) is 2.11. The van der Waals surface area contributed by atoms with Gasteiger partial charge in [-0.1, -0.05) is 30.3 Å². The van der Waals surface area contributed by atoms with Crippen molar-refractivity contribution in [1.82, 2.24) is 14.6 Å². The molecule has 2 rings (SSSR count). The maximum absolute atomic E-state index is 11.4. The topological polar surface area (TPSA) is 53.6 Å². The first kappa shape index (κ1) is 13.9. The number of carbonyl (C=O) groups is 1. The molecule has 5 nitrogen and oxygen atoms in total. The first-order chi connectivity index (χ1) is 9.27. The number of nitrogens with zero attached hydrogens (tertiary/aromatic N) is 1. The molecule has 1 aliphatic heterocycles. The van der Waals surface area contributed by atoms with Gasteiger partial charge in [-0.2, -0.15) is 0 Å². The van der Waals surface area contributed by atoms with E-state index in [0.717, 1.165) is 5.56 Å². The summed E-state index contributed by atoms with van der Waals surface area (Å²) in [6.07, 6.45) is 1.76. The second kappa shape index (κ2) is 7.16. The van der Waals surface area contributed by atoms with Gasteiger partial charge in [0, 0.05) is 12.7 Å². The highest BCUT2D eigenvalue weighted by Gasteiger charge is 2.18.